The third kappa shape index (κ3) is 6.18. The number of likely N-dealkylation sites (tertiary alicyclic amines) is 1. The Morgan fingerprint density at radius 2 is 1.93 bits per heavy atom. The molecule has 0 saturated carbocycles. The predicted octanol–water partition coefficient (Wildman–Crippen LogP) is 1.71. The van der Waals surface area contributed by atoms with E-state index in [4.69, 9.17) is 5.41 Å². The molecule has 1 aromatic carbocycles. The molecule has 0 aromatic heterocycles. The highest BCUT2D eigenvalue weighted by atomic mass is 16.5. The van der Waals surface area contributed by atoms with Crippen LogP contribution in [0.25, 0.3) is 0 Å². The van der Waals surface area contributed by atoms with Crippen molar-refractivity contribution in [1.29, 1.82) is 5.41 Å². The SMILES string of the molecule is CC(CC(=O)c1ccc(CNC(=O)OC=N)cc1)C(=O)N1CCC(O)CC1. The van der Waals surface area contributed by atoms with Gasteiger partial charge >= 0.3 is 6.09 Å². The minimum Gasteiger partial charge on any atom is -0.399 e. The number of piperidine rings is 1. The molecule has 0 aliphatic carbocycles. The van der Waals surface area contributed by atoms with Crippen LogP contribution in [0, 0.1) is 11.3 Å². The van der Waals surface area contributed by atoms with Crippen molar-refractivity contribution in [3.63, 3.8) is 0 Å². The minimum atomic E-state index is -0.720. The Morgan fingerprint density at radius 3 is 2.52 bits per heavy atom. The molecule has 2 amide bonds. The van der Waals surface area contributed by atoms with E-state index in [-0.39, 0.29) is 30.8 Å². The van der Waals surface area contributed by atoms with E-state index < -0.39 is 12.0 Å². The molecule has 1 aliphatic heterocycles. The Labute approximate surface area is 158 Å². The van der Waals surface area contributed by atoms with Crippen molar-refractivity contribution >= 4 is 24.2 Å². The van der Waals surface area contributed by atoms with E-state index in [0.717, 1.165) is 5.56 Å². The topological polar surface area (TPSA) is 120 Å². The highest BCUT2D eigenvalue weighted by Gasteiger charge is 2.26. The van der Waals surface area contributed by atoms with Crippen molar-refractivity contribution in [3.8, 4) is 0 Å². The first kappa shape index (κ1) is 20.6. The van der Waals surface area contributed by atoms with Gasteiger partial charge in [0, 0.05) is 37.5 Å². The molecular formula is C19H25N3O5. The van der Waals surface area contributed by atoms with Gasteiger partial charge in [0.1, 0.15) is 0 Å². The first-order valence-corrected chi connectivity index (χ1v) is 8.93. The van der Waals surface area contributed by atoms with Gasteiger partial charge in [-0.2, -0.15) is 0 Å². The van der Waals surface area contributed by atoms with Crippen LogP contribution in [0.2, 0.25) is 0 Å². The maximum absolute atomic E-state index is 12.5. The molecule has 8 nitrogen and oxygen atoms in total. The summed E-state index contributed by atoms with van der Waals surface area (Å²) in [4.78, 5) is 37.7. The zero-order valence-electron chi connectivity index (χ0n) is 15.3. The number of aliphatic hydroxyl groups is 1. The molecule has 0 spiro atoms. The van der Waals surface area contributed by atoms with Gasteiger partial charge in [0.05, 0.1) is 6.10 Å². The number of rotatable bonds is 7. The van der Waals surface area contributed by atoms with E-state index in [1.54, 1.807) is 36.1 Å². The Balaban J connectivity index is 1.85. The van der Waals surface area contributed by atoms with Crippen molar-refractivity contribution in [2.75, 3.05) is 13.1 Å². The van der Waals surface area contributed by atoms with Crippen molar-refractivity contribution in [2.45, 2.75) is 38.8 Å². The van der Waals surface area contributed by atoms with E-state index in [9.17, 15) is 19.5 Å². The molecule has 1 fully saturated rings. The molecule has 1 unspecified atom stereocenters. The van der Waals surface area contributed by atoms with Crippen LogP contribution >= 0.6 is 0 Å². The van der Waals surface area contributed by atoms with Crippen molar-refractivity contribution in [2.24, 2.45) is 5.92 Å². The third-order valence-electron chi connectivity index (χ3n) is 4.57. The molecule has 8 heteroatoms. The largest absolute Gasteiger partial charge is 0.413 e. The van der Waals surface area contributed by atoms with Crippen LogP contribution in [0.1, 0.15) is 42.1 Å². The Hall–Kier alpha value is -2.74. The van der Waals surface area contributed by atoms with E-state index >= 15 is 0 Å². The number of amides is 2. The second-order valence-electron chi connectivity index (χ2n) is 6.66. The quantitative estimate of drug-likeness (QED) is 0.381. The molecule has 0 radical (unpaired) electrons. The highest BCUT2D eigenvalue weighted by molar-refractivity contribution is 5.98. The van der Waals surface area contributed by atoms with Crippen LogP contribution in [0.5, 0.6) is 0 Å². The summed E-state index contributed by atoms with van der Waals surface area (Å²) in [7, 11) is 0. The first-order valence-electron chi connectivity index (χ1n) is 8.93. The number of Topliss-reactive ketones (excluding diaryl/α,β-unsaturated/α-hetero) is 1. The number of benzene rings is 1. The smallest absolute Gasteiger partial charge is 0.399 e. The minimum absolute atomic E-state index is 0.0548. The summed E-state index contributed by atoms with van der Waals surface area (Å²) in [5, 5.41) is 18.7. The lowest BCUT2D eigenvalue weighted by Gasteiger charge is -2.31. The van der Waals surface area contributed by atoms with Crippen LogP contribution in [-0.2, 0) is 16.1 Å². The lowest BCUT2D eigenvalue weighted by molar-refractivity contribution is -0.136. The van der Waals surface area contributed by atoms with E-state index in [0.29, 0.717) is 37.9 Å². The van der Waals surface area contributed by atoms with Gasteiger partial charge in [0.15, 0.2) is 12.2 Å². The first-order chi connectivity index (χ1) is 12.9. The average Bonchev–Trinajstić information content (AvgIpc) is 2.67. The summed E-state index contributed by atoms with van der Waals surface area (Å²) in [5.74, 6) is -0.582. The number of ether oxygens (including phenoxy) is 1. The second-order valence-corrected chi connectivity index (χ2v) is 6.66. The molecule has 146 valence electrons. The molecule has 1 saturated heterocycles. The lowest BCUT2D eigenvalue weighted by atomic mass is 9.96. The van der Waals surface area contributed by atoms with E-state index in [1.807, 2.05) is 0 Å². The van der Waals surface area contributed by atoms with Crippen molar-refractivity contribution in [1.82, 2.24) is 10.2 Å². The fraction of sp³-hybridized carbons (Fsp3) is 0.474. The number of carbonyl (C=O) groups excluding carboxylic acids is 3. The zero-order chi connectivity index (χ0) is 19.8. The van der Waals surface area contributed by atoms with Gasteiger partial charge in [-0.1, -0.05) is 31.2 Å². The summed E-state index contributed by atoms with van der Waals surface area (Å²) in [6.45, 7) is 3.02. The van der Waals surface area contributed by atoms with Crippen molar-refractivity contribution < 1.29 is 24.2 Å². The molecule has 1 atom stereocenters. The fourth-order valence-electron chi connectivity index (χ4n) is 2.96. The molecule has 0 bridgehead atoms. The Bertz CT molecular complexity index is 681. The van der Waals surface area contributed by atoms with Gasteiger partial charge in [-0.25, -0.2) is 4.79 Å². The number of hydrogen-bond acceptors (Lipinski definition) is 6. The van der Waals surface area contributed by atoms with Gasteiger partial charge in [-0.3, -0.25) is 15.0 Å². The van der Waals surface area contributed by atoms with Crippen LogP contribution in [0.4, 0.5) is 4.79 Å². The normalized spacial score (nSPS) is 15.7. The fourth-order valence-corrected chi connectivity index (χ4v) is 2.96. The van der Waals surface area contributed by atoms with Crippen LogP contribution in [0.3, 0.4) is 0 Å². The number of hydrogen-bond donors (Lipinski definition) is 3. The average molecular weight is 375 g/mol. The Morgan fingerprint density at radius 1 is 1.30 bits per heavy atom. The number of nitrogens with one attached hydrogen (secondary N) is 2. The maximum atomic E-state index is 12.5. The highest BCUT2D eigenvalue weighted by Crippen LogP contribution is 2.17. The lowest BCUT2D eigenvalue weighted by Crippen LogP contribution is -2.42. The van der Waals surface area contributed by atoms with Crippen LogP contribution < -0.4 is 5.32 Å². The molecule has 3 N–H and O–H groups in total. The zero-order valence-corrected chi connectivity index (χ0v) is 15.3. The van der Waals surface area contributed by atoms with Gasteiger partial charge in [-0.05, 0) is 18.4 Å². The van der Waals surface area contributed by atoms with Gasteiger partial charge in [0.25, 0.3) is 0 Å². The molecular weight excluding hydrogens is 350 g/mol. The number of aliphatic hydroxyl groups excluding tert-OH is 1. The van der Waals surface area contributed by atoms with Crippen LogP contribution in [-0.4, -0.2) is 53.4 Å². The second kappa shape index (κ2) is 9.82. The Kier molecular flexibility index (Phi) is 7.48. The number of ketones is 1. The van der Waals surface area contributed by atoms with Crippen LogP contribution in [0.15, 0.2) is 24.3 Å². The molecule has 27 heavy (non-hydrogen) atoms. The van der Waals surface area contributed by atoms with Crippen molar-refractivity contribution in [3.05, 3.63) is 35.4 Å². The summed E-state index contributed by atoms with van der Waals surface area (Å²) in [6.07, 6.45) is 0.769. The monoisotopic (exact) mass is 375 g/mol. The molecule has 2 rings (SSSR count). The van der Waals surface area contributed by atoms with E-state index in [1.165, 1.54) is 0 Å². The molecule has 1 aromatic rings. The summed E-state index contributed by atoms with van der Waals surface area (Å²) >= 11 is 0. The summed E-state index contributed by atoms with van der Waals surface area (Å²) in [5.41, 5.74) is 1.29. The van der Waals surface area contributed by atoms with Gasteiger partial charge < -0.3 is 20.1 Å². The number of carbonyl (C=O) groups is 3. The maximum Gasteiger partial charge on any atom is 0.413 e. The predicted molar refractivity (Wildman–Crippen MR) is 98.5 cm³/mol. The summed E-state index contributed by atoms with van der Waals surface area (Å²) < 4.78 is 4.34. The molecule has 1 heterocycles. The third-order valence-corrected chi connectivity index (χ3v) is 4.57. The number of alkyl carbamates (subject to hydrolysis) is 1. The van der Waals surface area contributed by atoms with E-state index in [2.05, 4.69) is 10.1 Å². The van der Waals surface area contributed by atoms with Gasteiger partial charge in [-0.15, -0.1) is 0 Å². The summed E-state index contributed by atoms with van der Waals surface area (Å²) in [6, 6.07) is 6.76. The number of nitrogens with zero attached hydrogens (tertiary/aromatic N) is 1. The molecule has 1 aliphatic rings. The van der Waals surface area contributed by atoms with Gasteiger partial charge in [0.2, 0.25) is 5.91 Å². The standard InChI is InChI=1S/C19H25N3O5/c1-13(18(25)22-8-6-16(23)7-9-22)10-17(24)15-4-2-14(3-5-15)11-21-19(26)27-12-20/h2-5,12-13,16,20,23H,6-11H2,1H3,(H,21,26).